The minimum atomic E-state index is -0.587. The molecule has 2 aliphatic carbocycles. The summed E-state index contributed by atoms with van der Waals surface area (Å²) in [7, 11) is 0. The summed E-state index contributed by atoms with van der Waals surface area (Å²) in [5.74, 6) is 0.226. The fourth-order valence-corrected chi connectivity index (χ4v) is 4.75. The highest BCUT2D eigenvalue weighted by molar-refractivity contribution is 5.31. The highest BCUT2D eigenvalue weighted by Gasteiger charge is 2.29. The van der Waals surface area contributed by atoms with E-state index < -0.39 is 11.6 Å². The normalized spacial score (nSPS) is 25.4. The number of aryl methyl sites for hydroxylation is 1. The maximum absolute atomic E-state index is 14.3. The van der Waals surface area contributed by atoms with Crippen LogP contribution in [0.2, 0.25) is 0 Å². The molecule has 1 atom stereocenters. The second-order valence-corrected chi connectivity index (χ2v) is 8.62. The topological polar surface area (TPSA) is 9.23 Å². The summed E-state index contributed by atoms with van der Waals surface area (Å²) in [5.41, 5.74) is 0.703. The van der Waals surface area contributed by atoms with E-state index in [2.05, 4.69) is 6.92 Å². The Labute approximate surface area is 167 Å². The molecule has 0 aliphatic heterocycles. The first-order valence-electron chi connectivity index (χ1n) is 11.0. The third-order valence-electron chi connectivity index (χ3n) is 6.54. The lowest BCUT2D eigenvalue weighted by molar-refractivity contribution is 0.142. The van der Waals surface area contributed by atoms with Gasteiger partial charge < -0.3 is 4.74 Å². The summed E-state index contributed by atoms with van der Waals surface area (Å²) < 4.78 is 47.4. The number of hydrogen-bond acceptors (Lipinski definition) is 1. The molecule has 0 heterocycles. The number of unbranched alkanes of at least 4 members (excludes halogenated alkanes) is 2. The van der Waals surface area contributed by atoms with Crippen molar-refractivity contribution in [3.63, 3.8) is 0 Å². The van der Waals surface area contributed by atoms with Gasteiger partial charge in [0.15, 0.2) is 17.4 Å². The van der Waals surface area contributed by atoms with Crippen LogP contribution in [0, 0.1) is 29.4 Å². The van der Waals surface area contributed by atoms with Crippen LogP contribution < -0.4 is 4.74 Å². The van der Waals surface area contributed by atoms with Crippen LogP contribution in [0.1, 0.15) is 76.7 Å². The molecule has 3 rings (SSSR count). The number of rotatable bonds is 8. The molecule has 0 radical (unpaired) electrons. The minimum absolute atomic E-state index is 0.0405. The molecular weight excluding hydrogens is 361 g/mol. The van der Waals surface area contributed by atoms with Crippen molar-refractivity contribution in [1.29, 1.82) is 0 Å². The molecule has 1 aromatic rings. The number of benzene rings is 1. The van der Waals surface area contributed by atoms with Crippen LogP contribution in [-0.2, 0) is 6.42 Å². The number of halogens is 3. The first-order chi connectivity index (χ1) is 13.6. The van der Waals surface area contributed by atoms with Crippen LogP contribution >= 0.6 is 0 Å². The number of ether oxygens (including phenoxy) is 1. The molecule has 156 valence electrons. The van der Waals surface area contributed by atoms with E-state index in [4.69, 9.17) is 4.74 Å². The van der Waals surface area contributed by atoms with E-state index in [-0.39, 0.29) is 11.6 Å². The van der Waals surface area contributed by atoms with Gasteiger partial charge in [-0.05, 0) is 93.2 Å². The van der Waals surface area contributed by atoms with Gasteiger partial charge in [0.25, 0.3) is 0 Å². The molecule has 1 saturated carbocycles. The molecule has 28 heavy (non-hydrogen) atoms. The maximum atomic E-state index is 14.3. The first kappa shape index (κ1) is 21.3. The molecule has 4 heteroatoms. The third kappa shape index (κ3) is 5.78. The van der Waals surface area contributed by atoms with Crippen molar-refractivity contribution < 1.29 is 17.9 Å². The standard InChI is InChI=1S/C24H33F3O/c1-2-3-4-5-18-14-22(26)24(23(27)15-18)28-16-17-6-8-19(9-7-17)20-10-12-21(25)13-11-20/h12,14-15,17,19-20H,2-11,13,16H2,1H3. The predicted octanol–water partition coefficient (Wildman–Crippen LogP) is 7.54. The van der Waals surface area contributed by atoms with Crippen molar-refractivity contribution in [1.82, 2.24) is 0 Å². The average molecular weight is 395 g/mol. The smallest absolute Gasteiger partial charge is 0.190 e. The van der Waals surface area contributed by atoms with E-state index in [0.717, 1.165) is 57.8 Å². The SMILES string of the molecule is CCCCCc1cc(F)c(OCC2CCC(C3CC=C(F)CC3)CC2)c(F)c1. The van der Waals surface area contributed by atoms with Gasteiger partial charge in [0.1, 0.15) is 0 Å². The molecule has 0 spiro atoms. The van der Waals surface area contributed by atoms with Crippen molar-refractivity contribution in [3.8, 4) is 5.75 Å². The lowest BCUT2D eigenvalue weighted by atomic mass is 9.72. The van der Waals surface area contributed by atoms with Crippen molar-refractivity contribution in [3.05, 3.63) is 41.2 Å². The van der Waals surface area contributed by atoms with E-state index in [1.165, 1.54) is 12.1 Å². The van der Waals surface area contributed by atoms with Crippen LogP contribution in [0.3, 0.4) is 0 Å². The predicted molar refractivity (Wildman–Crippen MR) is 107 cm³/mol. The summed E-state index contributed by atoms with van der Waals surface area (Å²) in [5, 5.41) is 0. The van der Waals surface area contributed by atoms with E-state index in [1.807, 2.05) is 0 Å². The minimum Gasteiger partial charge on any atom is -0.487 e. The molecule has 1 nitrogen and oxygen atoms in total. The highest BCUT2D eigenvalue weighted by atomic mass is 19.1. The van der Waals surface area contributed by atoms with Crippen LogP contribution in [0.4, 0.5) is 13.2 Å². The Kier molecular flexibility index (Phi) is 7.87. The van der Waals surface area contributed by atoms with Gasteiger partial charge in [0.2, 0.25) is 0 Å². The van der Waals surface area contributed by atoms with Crippen molar-refractivity contribution in [2.24, 2.45) is 17.8 Å². The first-order valence-corrected chi connectivity index (χ1v) is 11.0. The molecular formula is C24H33F3O. The molecule has 2 aliphatic rings. The Morgan fingerprint density at radius 2 is 1.64 bits per heavy atom. The van der Waals surface area contributed by atoms with Crippen LogP contribution in [0.25, 0.3) is 0 Å². The van der Waals surface area contributed by atoms with Gasteiger partial charge in [-0.25, -0.2) is 13.2 Å². The molecule has 0 saturated heterocycles. The van der Waals surface area contributed by atoms with Gasteiger partial charge in [-0.1, -0.05) is 25.8 Å². The summed E-state index contributed by atoms with van der Waals surface area (Å²) in [6.07, 6.45) is 12.2. The Bertz CT molecular complexity index is 639. The summed E-state index contributed by atoms with van der Waals surface area (Å²) in [6, 6.07) is 2.83. The fraction of sp³-hybridized carbons (Fsp3) is 0.667. The molecule has 0 aromatic heterocycles. The molecule has 1 aromatic carbocycles. The lowest BCUT2D eigenvalue weighted by Gasteiger charge is -2.34. The van der Waals surface area contributed by atoms with E-state index in [9.17, 15) is 13.2 Å². The zero-order valence-corrected chi connectivity index (χ0v) is 17.0. The van der Waals surface area contributed by atoms with E-state index >= 15 is 0 Å². The van der Waals surface area contributed by atoms with Crippen LogP contribution in [-0.4, -0.2) is 6.61 Å². The number of hydrogen-bond donors (Lipinski definition) is 0. The zero-order chi connectivity index (χ0) is 19.9. The average Bonchev–Trinajstić information content (AvgIpc) is 2.69. The number of allylic oxidation sites excluding steroid dienone is 2. The van der Waals surface area contributed by atoms with Gasteiger partial charge in [0, 0.05) is 0 Å². The zero-order valence-electron chi connectivity index (χ0n) is 17.0. The second-order valence-electron chi connectivity index (χ2n) is 8.62. The van der Waals surface area contributed by atoms with Crippen molar-refractivity contribution >= 4 is 0 Å². The highest BCUT2D eigenvalue weighted by Crippen LogP contribution is 2.40. The van der Waals surface area contributed by atoms with Crippen molar-refractivity contribution in [2.45, 2.75) is 77.6 Å². The summed E-state index contributed by atoms with van der Waals surface area (Å²) >= 11 is 0. The Morgan fingerprint density at radius 3 is 2.25 bits per heavy atom. The third-order valence-corrected chi connectivity index (χ3v) is 6.54. The molecule has 1 unspecified atom stereocenters. The monoisotopic (exact) mass is 394 g/mol. The molecule has 1 fully saturated rings. The Balaban J connectivity index is 1.46. The van der Waals surface area contributed by atoms with Gasteiger partial charge in [-0.2, -0.15) is 0 Å². The van der Waals surface area contributed by atoms with Crippen LogP contribution in [0.15, 0.2) is 24.0 Å². The van der Waals surface area contributed by atoms with E-state index in [0.29, 0.717) is 42.8 Å². The van der Waals surface area contributed by atoms with Gasteiger partial charge >= 0.3 is 0 Å². The fourth-order valence-electron chi connectivity index (χ4n) is 4.75. The van der Waals surface area contributed by atoms with Gasteiger partial charge in [-0.15, -0.1) is 0 Å². The summed E-state index contributed by atoms with van der Waals surface area (Å²) in [4.78, 5) is 0. The lowest BCUT2D eigenvalue weighted by Crippen LogP contribution is -2.25. The second kappa shape index (κ2) is 10.4. The Morgan fingerprint density at radius 1 is 0.929 bits per heavy atom. The summed E-state index contributed by atoms with van der Waals surface area (Å²) in [6.45, 7) is 2.48. The van der Waals surface area contributed by atoms with Gasteiger partial charge in [0.05, 0.1) is 12.4 Å². The Hall–Kier alpha value is -1.45. The van der Waals surface area contributed by atoms with Crippen LogP contribution in [0.5, 0.6) is 5.75 Å². The maximum Gasteiger partial charge on any atom is 0.190 e. The van der Waals surface area contributed by atoms with Crippen molar-refractivity contribution in [2.75, 3.05) is 6.61 Å². The van der Waals surface area contributed by atoms with Gasteiger partial charge in [-0.3, -0.25) is 0 Å². The molecule has 0 amide bonds. The quantitative estimate of drug-likeness (QED) is 0.414. The largest absolute Gasteiger partial charge is 0.487 e. The molecule has 0 N–H and O–H groups in total. The van der Waals surface area contributed by atoms with E-state index in [1.54, 1.807) is 6.08 Å². The molecule has 0 bridgehead atoms.